The fraction of sp³-hybridized carbons (Fsp3) is 0.450. The Morgan fingerprint density at radius 2 is 1.50 bits per heavy atom. The number of benzene rings is 1. The summed E-state index contributed by atoms with van der Waals surface area (Å²) in [6.45, 7) is 6.49. The number of aromatic nitrogens is 3. The molecule has 0 saturated carbocycles. The second-order valence-corrected chi connectivity index (χ2v) is 6.60. The number of nitrogens with one attached hydrogen (secondary N) is 2. The maximum Gasteiger partial charge on any atom is 0.291 e. The van der Waals surface area contributed by atoms with Crippen LogP contribution in [-0.2, 0) is 11.3 Å². The highest BCUT2D eigenvalue weighted by molar-refractivity contribution is 5.99. The molecule has 1 aromatic heterocycles. The zero-order valence-corrected chi connectivity index (χ0v) is 18.8. The molecule has 0 aliphatic heterocycles. The van der Waals surface area contributed by atoms with Gasteiger partial charge in [0, 0.05) is 19.7 Å². The predicted octanol–water partition coefficient (Wildman–Crippen LogP) is 0.637. The second kappa shape index (κ2) is 11.5. The van der Waals surface area contributed by atoms with E-state index in [9.17, 15) is 14.4 Å². The van der Waals surface area contributed by atoms with Gasteiger partial charge in [0.2, 0.25) is 11.7 Å². The van der Waals surface area contributed by atoms with Gasteiger partial charge in [0.15, 0.2) is 17.2 Å². The van der Waals surface area contributed by atoms with E-state index in [1.165, 1.54) is 27.9 Å². The van der Waals surface area contributed by atoms with Crippen molar-refractivity contribution in [2.24, 2.45) is 0 Å². The van der Waals surface area contributed by atoms with Gasteiger partial charge in [-0.25, -0.2) is 4.68 Å². The van der Waals surface area contributed by atoms with E-state index in [4.69, 9.17) is 14.2 Å². The van der Waals surface area contributed by atoms with Gasteiger partial charge in [0.1, 0.15) is 6.54 Å². The molecule has 174 valence electrons. The van der Waals surface area contributed by atoms with E-state index in [0.717, 1.165) is 0 Å². The minimum Gasteiger partial charge on any atom is -0.490 e. The minimum absolute atomic E-state index is 0.0615. The third-order valence-corrected chi connectivity index (χ3v) is 4.03. The smallest absolute Gasteiger partial charge is 0.291 e. The lowest BCUT2D eigenvalue weighted by Crippen LogP contribution is -2.41. The SMILES string of the molecule is CCOc1cc(C(=O)NNC(=O)c2cn(CC(=O)N(C)C)nn2)cc(OCC)c1OCC. The largest absolute Gasteiger partial charge is 0.490 e. The van der Waals surface area contributed by atoms with Crippen molar-refractivity contribution >= 4 is 17.7 Å². The Bertz CT molecular complexity index is 931. The number of rotatable bonds is 10. The monoisotopic (exact) mass is 448 g/mol. The number of carbonyl (C=O) groups excluding carboxylic acids is 3. The number of likely N-dealkylation sites (N-methyl/N-ethyl adjacent to an activating group) is 1. The van der Waals surface area contributed by atoms with Crippen LogP contribution in [0.25, 0.3) is 0 Å². The molecule has 0 atom stereocenters. The Labute approximate surface area is 185 Å². The number of hydrogen-bond acceptors (Lipinski definition) is 8. The van der Waals surface area contributed by atoms with Crippen molar-refractivity contribution in [3.8, 4) is 17.2 Å². The number of carbonyl (C=O) groups is 3. The van der Waals surface area contributed by atoms with Crippen molar-refractivity contribution in [3.63, 3.8) is 0 Å². The Kier molecular flexibility index (Phi) is 8.81. The van der Waals surface area contributed by atoms with E-state index in [1.807, 2.05) is 20.8 Å². The molecule has 0 aliphatic rings. The lowest BCUT2D eigenvalue weighted by Gasteiger charge is -2.17. The molecule has 3 amide bonds. The second-order valence-electron chi connectivity index (χ2n) is 6.60. The van der Waals surface area contributed by atoms with Crippen LogP contribution in [0.4, 0.5) is 0 Å². The molecule has 2 aromatic rings. The van der Waals surface area contributed by atoms with Crippen LogP contribution in [0, 0.1) is 0 Å². The lowest BCUT2D eigenvalue weighted by atomic mass is 10.1. The number of hydrogen-bond donors (Lipinski definition) is 2. The summed E-state index contributed by atoms with van der Waals surface area (Å²) in [5, 5.41) is 7.45. The summed E-state index contributed by atoms with van der Waals surface area (Å²) in [5.74, 6) is -0.390. The Hall–Kier alpha value is -3.83. The number of hydrazine groups is 1. The summed E-state index contributed by atoms with van der Waals surface area (Å²) in [6, 6.07) is 3.00. The van der Waals surface area contributed by atoms with Crippen molar-refractivity contribution in [2.45, 2.75) is 27.3 Å². The van der Waals surface area contributed by atoms with Crippen LogP contribution in [0.2, 0.25) is 0 Å². The minimum atomic E-state index is -0.692. The van der Waals surface area contributed by atoms with E-state index in [-0.39, 0.29) is 23.7 Å². The third-order valence-electron chi connectivity index (χ3n) is 4.03. The quantitative estimate of drug-likeness (QED) is 0.505. The molecule has 12 heteroatoms. The van der Waals surface area contributed by atoms with Crippen LogP contribution < -0.4 is 25.1 Å². The molecule has 1 heterocycles. The Morgan fingerprint density at radius 1 is 0.938 bits per heavy atom. The van der Waals surface area contributed by atoms with E-state index in [1.54, 1.807) is 14.1 Å². The van der Waals surface area contributed by atoms with Crippen LogP contribution in [0.15, 0.2) is 18.3 Å². The summed E-state index contributed by atoms with van der Waals surface area (Å²) in [4.78, 5) is 38.0. The molecule has 1 aromatic carbocycles. The maximum absolute atomic E-state index is 12.6. The van der Waals surface area contributed by atoms with Crippen molar-refractivity contribution in [3.05, 3.63) is 29.6 Å². The molecule has 2 N–H and O–H groups in total. The number of ether oxygens (including phenoxy) is 3. The van der Waals surface area contributed by atoms with Gasteiger partial charge in [-0.15, -0.1) is 5.10 Å². The zero-order valence-electron chi connectivity index (χ0n) is 18.8. The fourth-order valence-electron chi connectivity index (χ4n) is 2.53. The fourth-order valence-corrected chi connectivity index (χ4v) is 2.53. The Morgan fingerprint density at radius 3 is 2.03 bits per heavy atom. The van der Waals surface area contributed by atoms with Crippen LogP contribution in [0.1, 0.15) is 41.6 Å². The highest BCUT2D eigenvalue weighted by Crippen LogP contribution is 2.39. The van der Waals surface area contributed by atoms with Crippen LogP contribution in [0.5, 0.6) is 17.2 Å². The molecule has 0 radical (unpaired) electrons. The van der Waals surface area contributed by atoms with E-state index >= 15 is 0 Å². The standard InChI is InChI=1S/C20H28N6O6/c1-6-30-15-9-13(10-16(31-7-2)18(15)32-8-3)19(28)22-23-20(29)14-11-26(24-21-14)12-17(27)25(4)5/h9-11H,6-8,12H2,1-5H3,(H,22,28)(H,23,29). The zero-order chi connectivity index (χ0) is 23.7. The molecule has 2 rings (SSSR count). The Balaban J connectivity index is 2.11. The molecule has 32 heavy (non-hydrogen) atoms. The molecule has 0 spiro atoms. The molecular weight excluding hydrogens is 420 g/mol. The summed E-state index contributed by atoms with van der Waals surface area (Å²) >= 11 is 0. The third kappa shape index (κ3) is 6.33. The van der Waals surface area contributed by atoms with Gasteiger partial charge in [-0.2, -0.15) is 0 Å². The first-order valence-corrected chi connectivity index (χ1v) is 10.1. The first kappa shape index (κ1) is 24.4. The maximum atomic E-state index is 12.6. The van der Waals surface area contributed by atoms with Crippen LogP contribution in [-0.4, -0.2) is 71.5 Å². The van der Waals surface area contributed by atoms with E-state index in [2.05, 4.69) is 21.2 Å². The lowest BCUT2D eigenvalue weighted by molar-refractivity contribution is -0.129. The highest BCUT2D eigenvalue weighted by Gasteiger charge is 2.19. The average molecular weight is 448 g/mol. The molecule has 0 unspecified atom stereocenters. The van der Waals surface area contributed by atoms with E-state index < -0.39 is 11.8 Å². The van der Waals surface area contributed by atoms with Crippen molar-refractivity contribution in [2.75, 3.05) is 33.9 Å². The number of nitrogens with zero attached hydrogens (tertiary/aromatic N) is 4. The number of amides is 3. The molecular formula is C20H28N6O6. The molecule has 12 nitrogen and oxygen atoms in total. The molecule has 0 saturated heterocycles. The highest BCUT2D eigenvalue weighted by atomic mass is 16.5. The van der Waals surface area contributed by atoms with Gasteiger partial charge in [0.25, 0.3) is 11.8 Å². The van der Waals surface area contributed by atoms with Gasteiger partial charge >= 0.3 is 0 Å². The van der Waals surface area contributed by atoms with Crippen molar-refractivity contribution in [1.29, 1.82) is 0 Å². The molecule has 0 aliphatic carbocycles. The first-order chi connectivity index (χ1) is 15.3. The first-order valence-electron chi connectivity index (χ1n) is 10.1. The normalized spacial score (nSPS) is 10.3. The van der Waals surface area contributed by atoms with Gasteiger partial charge < -0.3 is 19.1 Å². The predicted molar refractivity (Wildman–Crippen MR) is 114 cm³/mol. The van der Waals surface area contributed by atoms with E-state index in [0.29, 0.717) is 37.1 Å². The summed E-state index contributed by atoms with van der Waals surface area (Å²) in [7, 11) is 3.22. The summed E-state index contributed by atoms with van der Waals surface area (Å²) in [5.41, 5.74) is 4.71. The summed E-state index contributed by atoms with van der Waals surface area (Å²) < 4.78 is 18.0. The van der Waals surface area contributed by atoms with Gasteiger partial charge in [-0.05, 0) is 32.9 Å². The molecule has 0 fully saturated rings. The molecule has 0 bridgehead atoms. The van der Waals surface area contributed by atoms with Crippen LogP contribution in [0.3, 0.4) is 0 Å². The average Bonchev–Trinajstić information content (AvgIpc) is 3.22. The summed E-state index contributed by atoms with van der Waals surface area (Å²) in [6.07, 6.45) is 1.31. The van der Waals surface area contributed by atoms with Crippen LogP contribution >= 0.6 is 0 Å². The van der Waals surface area contributed by atoms with Crippen molar-refractivity contribution in [1.82, 2.24) is 30.7 Å². The van der Waals surface area contributed by atoms with Gasteiger partial charge in [0.05, 0.1) is 26.0 Å². The topological polar surface area (TPSA) is 137 Å². The van der Waals surface area contributed by atoms with Gasteiger partial charge in [-0.3, -0.25) is 25.2 Å². The van der Waals surface area contributed by atoms with Gasteiger partial charge in [-0.1, -0.05) is 5.21 Å². The van der Waals surface area contributed by atoms with Crippen molar-refractivity contribution < 1.29 is 28.6 Å².